The van der Waals surface area contributed by atoms with Gasteiger partial charge in [-0.25, -0.2) is 0 Å². The van der Waals surface area contributed by atoms with Crippen molar-refractivity contribution < 1.29 is 4.74 Å². The first-order chi connectivity index (χ1) is 6.35. The van der Waals surface area contributed by atoms with Gasteiger partial charge >= 0.3 is 0 Å². The number of methoxy groups -OCH3 is 1. The van der Waals surface area contributed by atoms with Crippen LogP contribution in [0.3, 0.4) is 0 Å². The number of rotatable bonds is 1. The molecule has 0 saturated carbocycles. The highest BCUT2D eigenvalue weighted by Crippen LogP contribution is 2.22. The monoisotopic (exact) mass is 171 g/mol. The van der Waals surface area contributed by atoms with E-state index in [0.717, 1.165) is 22.2 Å². The van der Waals surface area contributed by atoms with Crippen LogP contribution in [0, 0.1) is 12.3 Å². The van der Waals surface area contributed by atoms with Crippen LogP contribution in [0.4, 0.5) is 0 Å². The van der Waals surface area contributed by atoms with Crippen molar-refractivity contribution >= 4 is 10.9 Å². The molecule has 1 aromatic heterocycles. The Labute approximate surface area is 76.5 Å². The first-order valence-electron chi connectivity index (χ1n) is 3.97. The normalized spacial score (nSPS) is 9.85. The van der Waals surface area contributed by atoms with Crippen LogP contribution in [0.1, 0.15) is 5.56 Å². The molecule has 0 atom stereocenters. The standard InChI is InChI=1S/C11H9NO/c1-3-8-7-12-11-6-9(13-2)4-5-10(8)11/h1,4-7,12H,2H3. The van der Waals surface area contributed by atoms with Gasteiger partial charge in [0.25, 0.3) is 0 Å². The maximum absolute atomic E-state index is 5.33. The summed E-state index contributed by atoms with van der Waals surface area (Å²) in [5.74, 6) is 3.45. The van der Waals surface area contributed by atoms with Gasteiger partial charge in [-0.15, -0.1) is 6.42 Å². The summed E-state index contributed by atoms with van der Waals surface area (Å²) >= 11 is 0. The molecule has 0 aliphatic carbocycles. The Morgan fingerprint density at radius 1 is 1.46 bits per heavy atom. The summed E-state index contributed by atoms with van der Waals surface area (Å²) in [4.78, 5) is 3.09. The first kappa shape index (κ1) is 7.75. The molecule has 2 aromatic rings. The van der Waals surface area contributed by atoms with Crippen molar-refractivity contribution in [3.63, 3.8) is 0 Å². The molecule has 0 spiro atoms. The van der Waals surface area contributed by atoms with Crippen molar-refractivity contribution in [3.8, 4) is 18.1 Å². The average Bonchev–Trinajstić information content (AvgIpc) is 2.59. The van der Waals surface area contributed by atoms with Gasteiger partial charge in [-0.1, -0.05) is 5.92 Å². The molecule has 1 N–H and O–H groups in total. The summed E-state index contributed by atoms with van der Waals surface area (Å²) in [7, 11) is 1.65. The number of hydrogen-bond donors (Lipinski definition) is 1. The van der Waals surface area contributed by atoms with Crippen molar-refractivity contribution in [2.45, 2.75) is 0 Å². The Bertz CT molecular complexity index is 476. The summed E-state index contributed by atoms with van der Waals surface area (Å²) in [6, 6.07) is 5.78. The third kappa shape index (κ3) is 1.15. The summed E-state index contributed by atoms with van der Waals surface area (Å²) < 4.78 is 5.09. The molecule has 64 valence electrons. The lowest BCUT2D eigenvalue weighted by atomic mass is 10.2. The quantitative estimate of drug-likeness (QED) is 0.653. The fraction of sp³-hybridized carbons (Fsp3) is 0.0909. The van der Waals surface area contributed by atoms with Crippen LogP contribution in [0.25, 0.3) is 10.9 Å². The number of terminal acetylenes is 1. The van der Waals surface area contributed by atoms with E-state index >= 15 is 0 Å². The molecular weight excluding hydrogens is 162 g/mol. The Balaban J connectivity index is 2.70. The fourth-order valence-electron chi connectivity index (χ4n) is 1.35. The van der Waals surface area contributed by atoms with Gasteiger partial charge in [-0.2, -0.15) is 0 Å². The zero-order valence-electron chi connectivity index (χ0n) is 7.29. The van der Waals surface area contributed by atoms with Crippen LogP contribution in [0.2, 0.25) is 0 Å². The summed E-state index contributed by atoms with van der Waals surface area (Å²) in [5.41, 5.74) is 1.89. The lowest BCUT2D eigenvalue weighted by Crippen LogP contribution is -1.81. The average molecular weight is 171 g/mol. The van der Waals surface area contributed by atoms with E-state index < -0.39 is 0 Å². The van der Waals surface area contributed by atoms with Crippen LogP contribution in [-0.2, 0) is 0 Å². The molecule has 13 heavy (non-hydrogen) atoms. The second-order valence-corrected chi connectivity index (χ2v) is 2.76. The molecule has 0 radical (unpaired) electrons. The zero-order chi connectivity index (χ0) is 9.26. The second kappa shape index (κ2) is 2.87. The van der Waals surface area contributed by atoms with Crippen molar-refractivity contribution in [1.82, 2.24) is 4.98 Å². The van der Waals surface area contributed by atoms with Crippen molar-refractivity contribution in [1.29, 1.82) is 0 Å². The van der Waals surface area contributed by atoms with Gasteiger partial charge in [0, 0.05) is 23.2 Å². The second-order valence-electron chi connectivity index (χ2n) is 2.76. The van der Waals surface area contributed by atoms with E-state index in [4.69, 9.17) is 11.2 Å². The number of nitrogens with one attached hydrogen (secondary N) is 1. The lowest BCUT2D eigenvalue weighted by molar-refractivity contribution is 0.415. The van der Waals surface area contributed by atoms with E-state index in [1.54, 1.807) is 7.11 Å². The van der Waals surface area contributed by atoms with Crippen LogP contribution in [0.15, 0.2) is 24.4 Å². The largest absolute Gasteiger partial charge is 0.497 e. The highest BCUT2D eigenvalue weighted by Gasteiger charge is 2.01. The summed E-state index contributed by atoms with van der Waals surface area (Å²) in [6.45, 7) is 0. The van der Waals surface area contributed by atoms with Gasteiger partial charge in [0.05, 0.1) is 12.6 Å². The van der Waals surface area contributed by atoms with E-state index in [-0.39, 0.29) is 0 Å². The lowest BCUT2D eigenvalue weighted by Gasteiger charge is -1.98. The predicted octanol–water partition coefficient (Wildman–Crippen LogP) is 2.16. The van der Waals surface area contributed by atoms with Crippen molar-refractivity contribution in [3.05, 3.63) is 30.0 Å². The first-order valence-corrected chi connectivity index (χ1v) is 3.97. The Morgan fingerprint density at radius 2 is 2.31 bits per heavy atom. The van der Waals surface area contributed by atoms with E-state index in [0.29, 0.717) is 0 Å². The predicted molar refractivity (Wildman–Crippen MR) is 52.8 cm³/mol. The minimum absolute atomic E-state index is 0.831. The molecule has 1 aromatic carbocycles. The molecule has 2 rings (SSSR count). The fourth-order valence-corrected chi connectivity index (χ4v) is 1.35. The number of fused-ring (bicyclic) bond motifs is 1. The van der Waals surface area contributed by atoms with Gasteiger partial charge < -0.3 is 9.72 Å². The molecule has 0 amide bonds. The number of aromatic nitrogens is 1. The number of H-pyrrole nitrogens is 1. The molecule has 0 saturated heterocycles. The minimum atomic E-state index is 0.831. The third-order valence-electron chi connectivity index (χ3n) is 2.04. The van der Waals surface area contributed by atoms with Gasteiger partial charge in [-0.3, -0.25) is 0 Å². The van der Waals surface area contributed by atoms with Crippen molar-refractivity contribution in [2.24, 2.45) is 0 Å². The van der Waals surface area contributed by atoms with Gasteiger partial charge in [0.2, 0.25) is 0 Å². The SMILES string of the molecule is C#Cc1c[nH]c2cc(OC)ccc12. The maximum Gasteiger partial charge on any atom is 0.120 e. The maximum atomic E-state index is 5.33. The van der Waals surface area contributed by atoms with Crippen LogP contribution in [-0.4, -0.2) is 12.1 Å². The van der Waals surface area contributed by atoms with E-state index in [9.17, 15) is 0 Å². The van der Waals surface area contributed by atoms with Crippen LogP contribution < -0.4 is 4.74 Å². The van der Waals surface area contributed by atoms with Crippen LogP contribution >= 0.6 is 0 Å². The molecule has 2 nitrogen and oxygen atoms in total. The summed E-state index contributed by atoms with van der Waals surface area (Å²) in [5, 5.41) is 1.06. The van der Waals surface area contributed by atoms with E-state index in [1.165, 1.54) is 0 Å². The number of hydrogen-bond acceptors (Lipinski definition) is 1. The van der Waals surface area contributed by atoms with E-state index in [2.05, 4.69) is 10.9 Å². The number of ether oxygens (including phenoxy) is 1. The molecule has 1 heterocycles. The van der Waals surface area contributed by atoms with Gasteiger partial charge in [-0.05, 0) is 12.1 Å². The van der Waals surface area contributed by atoms with Gasteiger partial charge in [0.1, 0.15) is 5.75 Å². The topological polar surface area (TPSA) is 25.0 Å². The molecule has 0 aliphatic rings. The molecule has 0 aliphatic heterocycles. The molecule has 2 heteroatoms. The number of aromatic amines is 1. The Morgan fingerprint density at radius 3 is 3.00 bits per heavy atom. The Kier molecular flexibility index (Phi) is 1.71. The molecular formula is C11H9NO. The zero-order valence-corrected chi connectivity index (χ0v) is 7.29. The van der Waals surface area contributed by atoms with Gasteiger partial charge in [0.15, 0.2) is 0 Å². The molecule has 0 fully saturated rings. The highest BCUT2D eigenvalue weighted by molar-refractivity contribution is 5.86. The molecule has 0 unspecified atom stereocenters. The highest BCUT2D eigenvalue weighted by atomic mass is 16.5. The molecule has 0 bridgehead atoms. The van der Waals surface area contributed by atoms with Crippen molar-refractivity contribution in [2.75, 3.05) is 7.11 Å². The third-order valence-corrected chi connectivity index (χ3v) is 2.04. The smallest absolute Gasteiger partial charge is 0.120 e. The van der Waals surface area contributed by atoms with Crippen LogP contribution in [0.5, 0.6) is 5.75 Å². The minimum Gasteiger partial charge on any atom is -0.497 e. The Hall–Kier alpha value is -1.88. The summed E-state index contributed by atoms with van der Waals surface area (Å²) in [6.07, 6.45) is 7.15. The number of benzene rings is 1. The van der Waals surface area contributed by atoms with E-state index in [1.807, 2.05) is 24.4 Å².